The third-order valence-electron chi connectivity index (χ3n) is 7.89. The van der Waals surface area contributed by atoms with Crippen molar-refractivity contribution in [3.63, 3.8) is 0 Å². The van der Waals surface area contributed by atoms with Crippen molar-refractivity contribution in [2.75, 3.05) is 26.2 Å². The maximum Gasteiger partial charge on any atom is 0.256 e. The summed E-state index contributed by atoms with van der Waals surface area (Å²) in [7, 11) is 0. The van der Waals surface area contributed by atoms with E-state index >= 15 is 0 Å². The van der Waals surface area contributed by atoms with Gasteiger partial charge in [0.2, 0.25) is 0 Å². The molecule has 0 radical (unpaired) electrons. The van der Waals surface area contributed by atoms with Gasteiger partial charge in [-0.05, 0) is 79.5 Å². The van der Waals surface area contributed by atoms with Crippen molar-refractivity contribution >= 4 is 17.4 Å². The Hall–Kier alpha value is -1.73. The Morgan fingerprint density at radius 1 is 1.16 bits per heavy atom. The molecule has 2 fully saturated rings. The third-order valence-corrected chi connectivity index (χ3v) is 8.48. The van der Waals surface area contributed by atoms with Gasteiger partial charge in [-0.3, -0.25) is 14.4 Å². The first kappa shape index (κ1) is 23.4. The fourth-order valence-corrected chi connectivity index (χ4v) is 6.03. The van der Waals surface area contributed by atoms with Gasteiger partial charge in [0.15, 0.2) is 0 Å². The number of carbonyl (C=O) groups excluding carboxylic acids is 1. The Labute approximate surface area is 197 Å². The van der Waals surface area contributed by atoms with E-state index in [0.29, 0.717) is 5.92 Å². The monoisotopic (exact) mass is 457 g/mol. The standard InChI is InChI=1S/C25H39N5OS/c1-19(2)20-6-11-28(12-7-20)16-23-5-10-26-30(23)18-25(3,4)22-8-13-29(14-9-22)24(31)21-15-27-32-17-21/h5,10,15,17,19-20,22H,6-9,11-14,16,18H2,1-4H3. The summed E-state index contributed by atoms with van der Waals surface area (Å²) < 4.78 is 6.32. The number of carbonyl (C=O) groups is 1. The zero-order valence-corrected chi connectivity index (χ0v) is 21.0. The van der Waals surface area contributed by atoms with E-state index in [1.807, 2.05) is 16.5 Å². The van der Waals surface area contributed by atoms with E-state index in [4.69, 9.17) is 5.10 Å². The van der Waals surface area contributed by atoms with Crippen LogP contribution in [0, 0.1) is 23.2 Å². The average Bonchev–Trinajstić information content (AvgIpc) is 3.46. The smallest absolute Gasteiger partial charge is 0.256 e. The van der Waals surface area contributed by atoms with Crippen molar-refractivity contribution < 1.29 is 4.79 Å². The van der Waals surface area contributed by atoms with E-state index < -0.39 is 0 Å². The molecule has 0 unspecified atom stereocenters. The van der Waals surface area contributed by atoms with E-state index in [2.05, 4.69) is 47.7 Å². The fourth-order valence-electron chi connectivity index (χ4n) is 5.52. The predicted octanol–water partition coefficient (Wildman–Crippen LogP) is 4.79. The summed E-state index contributed by atoms with van der Waals surface area (Å²) in [5.41, 5.74) is 2.20. The second-order valence-corrected chi connectivity index (χ2v) is 11.5. The van der Waals surface area contributed by atoms with E-state index in [-0.39, 0.29) is 11.3 Å². The van der Waals surface area contributed by atoms with Crippen molar-refractivity contribution in [1.82, 2.24) is 24.0 Å². The van der Waals surface area contributed by atoms with E-state index in [0.717, 1.165) is 56.4 Å². The summed E-state index contributed by atoms with van der Waals surface area (Å²) in [6.07, 6.45) is 8.38. The van der Waals surface area contributed by atoms with Crippen molar-refractivity contribution in [3.05, 3.63) is 35.1 Å². The van der Waals surface area contributed by atoms with Crippen LogP contribution in [0.25, 0.3) is 0 Å². The molecule has 2 aliphatic rings. The Kier molecular flexibility index (Phi) is 7.35. The molecular formula is C25H39N5OS. The number of amides is 1. The summed E-state index contributed by atoms with van der Waals surface area (Å²) in [4.78, 5) is 17.2. The molecule has 176 valence electrons. The molecular weight excluding hydrogens is 418 g/mol. The topological polar surface area (TPSA) is 54.3 Å². The highest BCUT2D eigenvalue weighted by atomic mass is 32.1. The summed E-state index contributed by atoms with van der Waals surface area (Å²) in [5, 5.41) is 6.55. The largest absolute Gasteiger partial charge is 0.339 e. The van der Waals surface area contributed by atoms with Crippen LogP contribution in [-0.2, 0) is 13.1 Å². The molecule has 0 aromatic carbocycles. The van der Waals surface area contributed by atoms with Gasteiger partial charge >= 0.3 is 0 Å². The number of rotatable bonds is 7. The van der Waals surface area contributed by atoms with E-state index in [1.165, 1.54) is 43.2 Å². The molecule has 0 saturated carbocycles. The Bertz CT molecular complexity index is 859. The maximum atomic E-state index is 12.6. The number of piperidine rings is 2. The molecule has 0 aliphatic carbocycles. The van der Waals surface area contributed by atoms with Crippen LogP contribution in [0.3, 0.4) is 0 Å². The number of aromatic nitrogens is 3. The van der Waals surface area contributed by atoms with Crippen LogP contribution in [0.2, 0.25) is 0 Å². The number of nitrogens with zero attached hydrogens (tertiary/aromatic N) is 5. The van der Waals surface area contributed by atoms with Gasteiger partial charge in [0.25, 0.3) is 5.91 Å². The van der Waals surface area contributed by atoms with Crippen molar-refractivity contribution in [2.24, 2.45) is 23.2 Å². The number of likely N-dealkylation sites (tertiary alicyclic amines) is 2. The molecule has 2 saturated heterocycles. The van der Waals surface area contributed by atoms with Gasteiger partial charge in [0, 0.05) is 37.8 Å². The average molecular weight is 458 g/mol. The molecule has 7 heteroatoms. The minimum atomic E-state index is 0.130. The Balaban J connectivity index is 1.31. The molecule has 0 bridgehead atoms. The lowest BCUT2D eigenvalue weighted by Crippen LogP contribution is -2.43. The Morgan fingerprint density at radius 3 is 2.50 bits per heavy atom. The quantitative estimate of drug-likeness (QED) is 0.600. The maximum absolute atomic E-state index is 12.6. The molecule has 2 aromatic heterocycles. The van der Waals surface area contributed by atoms with Crippen LogP contribution in [0.15, 0.2) is 23.8 Å². The van der Waals surface area contributed by atoms with Crippen LogP contribution in [-0.4, -0.2) is 56.0 Å². The van der Waals surface area contributed by atoms with E-state index in [1.54, 1.807) is 6.20 Å². The van der Waals surface area contributed by atoms with Crippen molar-refractivity contribution in [1.29, 1.82) is 0 Å². The van der Waals surface area contributed by atoms with Crippen LogP contribution in [0.4, 0.5) is 0 Å². The van der Waals surface area contributed by atoms with Crippen molar-refractivity contribution in [2.45, 2.75) is 66.5 Å². The van der Waals surface area contributed by atoms with Gasteiger partial charge < -0.3 is 4.90 Å². The van der Waals surface area contributed by atoms with Gasteiger partial charge in [-0.2, -0.15) is 5.10 Å². The van der Waals surface area contributed by atoms with Crippen LogP contribution in [0.5, 0.6) is 0 Å². The predicted molar refractivity (Wildman–Crippen MR) is 130 cm³/mol. The van der Waals surface area contributed by atoms with Gasteiger partial charge in [0.05, 0.1) is 17.5 Å². The highest BCUT2D eigenvalue weighted by Crippen LogP contribution is 2.37. The molecule has 1 amide bonds. The minimum Gasteiger partial charge on any atom is -0.339 e. The highest BCUT2D eigenvalue weighted by Gasteiger charge is 2.35. The summed E-state index contributed by atoms with van der Waals surface area (Å²) in [6, 6.07) is 2.20. The normalized spacial score (nSPS) is 19.7. The molecule has 0 N–H and O–H groups in total. The molecule has 4 heterocycles. The molecule has 4 rings (SSSR count). The first-order chi connectivity index (χ1) is 15.3. The summed E-state index contributed by atoms with van der Waals surface area (Å²) in [6.45, 7) is 15.5. The molecule has 32 heavy (non-hydrogen) atoms. The second-order valence-electron chi connectivity index (χ2n) is 10.8. The minimum absolute atomic E-state index is 0.130. The lowest BCUT2D eigenvalue weighted by atomic mass is 9.73. The van der Waals surface area contributed by atoms with Crippen LogP contribution in [0.1, 0.15) is 69.4 Å². The molecule has 6 nitrogen and oxygen atoms in total. The number of hydrogen-bond donors (Lipinski definition) is 0. The molecule has 2 aliphatic heterocycles. The van der Waals surface area contributed by atoms with Crippen molar-refractivity contribution in [3.8, 4) is 0 Å². The first-order valence-electron chi connectivity index (χ1n) is 12.2. The highest BCUT2D eigenvalue weighted by molar-refractivity contribution is 7.03. The first-order valence-corrected chi connectivity index (χ1v) is 13.1. The third kappa shape index (κ3) is 5.42. The summed E-state index contributed by atoms with van der Waals surface area (Å²) >= 11 is 1.34. The lowest BCUT2D eigenvalue weighted by molar-refractivity contribution is 0.0544. The van der Waals surface area contributed by atoms with E-state index in [9.17, 15) is 4.79 Å². The van der Waals surface area contributed by atoms with Gasteiger partial charge in [-0.15, -0.1) is 0 Å². The fraction of sp³-hybridized carbons (Fsp3) is 0.720. The molecule has 0 atom stereocenters. The zero-order chi connectivity index (χ0) is 22.7. The molecule has 2 aromatic rings. The number of hydrogen-bond acceptors (Lipinski definition) is 5. The second kappa shape index (κ2) is 10.0. The van der Waals surface area contributed by atoms with Crippen LogP contribution < -0.4 is 0 Å². The lowest BCUT2D eigenvalue weighted by Gasteiger charge is -2.41. The van der Waals surface area contributed by atoms with Gasteiger partial charge in [-0.25, -0.2) is 4.37 Å². The van der Waals surface area contributed by atoms with Crippen LogP contribution >= 0.6 is 11.5 Å². The zero-order valence-electron chi connectivity index (χ0n) is 20.2. The van der Waals surface area contributed by atoms with Gasteiger partial charge in [-0.1, -0.05) is 27.7 Å². The summed E-state index contributed by atoms with van der Waals surface area (Å²) in [5.74, 6) is 2.40. The SMILES string of the molecule is CC(C)C1CCN(Cc2ccnn2CC(C)(C)C2CCN(C(=O)c3cnsc3)CC2)CC1. The van der Waals surface area contributed by atoms with Gasteiger partial charge in [0.1, 0.15) is 0 Å². The molecule has 0 spiro atoms. The Morgan fingerprint density at radius 2 is 1.88 bits per heavy atom.